The van der Waals surface area contributed by atoms with Crippen LogP contribution in [-0.4, -0.2) is 49.2 Å². The van der Waals surface area contributed by atoms with E-state index in [1.54, 1.807) is 37.1 Å². The summed E-state index contributed by atoms with van der Waals surface area (Å²) < 4.78 is 1.92. The van der Waals surface area contributed by atoms with E-state index in [1.165, 1.54) is 0 Å². The first-order valence-corrected chi connectivity index (χ1v) is 11.6. The first-order chi connectivity index (χ1) is 16.7. The number of fused-ring (bicyclic) bond motifs is 1. The number of piperidine rings is 1. The zero-order valence-electron chi connectivity index (χ0n) is 19.0. The molecule has 1 aliphatic heterocycles. The lowest BCUT2D eigenvalue weighted by molar-refractivity contribution is -0.132. The zero-order valence-corrected chi connectivity index (χ0v) is 19.0. The van der Waals surface area contributed by atoms with Crippen LogP contribution in [0.2, 0.25) is 0 Å². The molecular formula is C26H26N6O2. The standard InChI is InChI=1S/C26H26N6O2/c1-2-23(33)31-13-6-7-18(16-31)24-19(25-21-15-27-12-14-32(21)17-29-25)8-5-9-20(24)26(34)30-22-10-3-4-11-28-22/h3-5,8-12,14-15,17-18H,2,6-7,13,16H2,1H3,(H,28,30,34). The molecule has 8 nitrogen and oxygen atoms in total. The smallest absolute Gasteiger partial charge is 0.257 e. The minimum atomic E-state index is -0.226. The first kappa shape index (κ1) is 21.8. The maximum Gasteiger partial charge on any atom is 0.257 e. The molecule has 2 amide bonds. The molecule has 1 unspecified atom stereocenters. The molecule has 4 aromatic rings. The van der Waals surface area contributed by atoms with Crippen molar-refractivity contribution in [3.8, 4) is 11.3 Å². The van der Waals surface area contributed by atoms with Gasteiger partial charge in [-0.25, -0.2) is 9.97 Å². The van der Waals surface area contributed by atoms with Crippen LogP contribution in [0.1, 0.15) is 48.0 Å². The monoisotopic (exact) mass is 454 g/mol. The number of nitrogens with zero attached hydrogens (tertiary/aromatic N) is 5. The van der Waals surface area contributed by atoms with Crippen molar-refractivity contribution >= 4 is 23.1 Å². The Hall–Kier alpha value is -4.07. The van der Waals surface area contributed by atoms with E-state index in [1.807, 2.05) is 46.7 Å². The van der Waals surface area contributed by atoms with Gasteiger partial charge >= 0.3 is 0 Å². The number of carbonyl (C=O) groups excluding carboxylic acids is 2. The molecule has 0 radical (unpaired) electrons. The van der Waals surface area contributed by atoms with Gasteiger partial charge in [-0.2, -0.15) is 0 Å². The van der Waals surface area contributed by atoms with Crippen molar-refractivity contribution in [2.24, 2.45) is 0 Å². The maximum absolute atomic E-state index is 13.5. The van der Waals surface area contributed by atoms with E-state index in [9.17, 15) is 9.59 Å². The Bertz CT molecular complexity index is 1330. The number of hydrogen-bond donors (Lipinski definition) is 1. The van der Waals surface area contributed by atoms with Gasteiger partial charge in [0.05, 0.1) is 17.4 Å². The van der Waals surface area contributed by atoms with Gasteiger partial charge in [0.1, 0.15) is 12.1 Å². The molecule has 1 aromatic carbocycles. The van der Waals surface area contributed by atoms with Gasteiger partial charge in [0.25, 0.3) is 5.91 Å². The molecule has 1 saturated heterocycles. The van der Waals surface area contributed by atoms with E-state index in [2.05, 4.69) is 20.3 Å². The number of hydrogen-bond acceptors (Lipinski definition) is 5. The quantitative estimate of drug-likeness (QED) is 0.489. The molecular weight excluding hydrogens is 428 g/mol. The van der Waals surface area contributed by atoms with E-state index in [-0.39, 0.29) is 17.7 Å². The Morgan fingerprint density at radius 2 is 2.03 bits per heavy atom. The summed E-state index contributed by atoms with van der Waals surface area (Å²) in [5.74, 6) is 0.416. The minimum absolute atomic E-state index is 0.0124. The summed E-state index contributed by atoms with van der Waals surface area (Å²) in [5, 5.41) is 2.92. The largest absolute Gasteiger partial charge is 0.342 e. The third-order valence-corrected chi connectivity index (χ3v) is 6.34. The average Bonchev–Trinajstić information content (AvgIpc) is 3.32. The Labute approximate surface area is 197 Å². The highest BCUT2D eigenvalue weighted by Gasteiger charge is 2.30. The van der Waals surface area contributed by atoms with Crippen molar-refractivity contribution in [2.45, 2.75) is 32.1 Å². The second kappa shape index (κ2) is 9.43. The Kier molecular flexibility index (Phi) is 6.03. The Morgan fingerprint density at radius 1 is 1.12 bits per heavy atom. The maximum atomic E-state index is 13.5. The van der Waals surface area contributed by atoms with Crippen molar-refractivity contribution in [2.75, 3.05) is 18.4 Å². The van der Waals surface area contributed by atoms with Gasteiger partial charge in [0.2, 0.25) is 5.91 Å². The van der Waals surface area contributed by atoms with Crippen LogP contribution in [0.25, 0.3) is 16.8 Å². The van der Waals surface area contributed by atoms with Crippen LogP contribution in [0, 0.1) is 0 Å². The third kappa shape index (κ3) is 4.14. The summed E-state index contributed by atoms with van der Waals surface area (Å²) in [4.78, 5) is 41.1. The highest BCUT2D eigenvalue weighted by atomic mass is 16.2. The van der Waals surface area contributed by atoms with Crippen LogP contribution in [-0.2, 0) is 4.79 Å². The van der Waals surface area contributed by atoms with Gasteiger partial charge in [0, 0.05) is 55.1 Å². The van der Waals surface area contributed by atoms with Gasteiger partial charge in [-0.3, -0.25) is 14.6 Å². The van der Waals surface area contributed by atoms with Crippen molar-refractivity contribution in [1.82, 2.24) is 24.3 Å². The summed E-state index contributed by atoms with van der Waals surface area (Å²) in [5.41, 5.74) is 4.01. The molecule has 1 atom stereocenters. The van der Waals surface area contributed by atoms with Crippen LogP contribution >= 0.6 is 0 Å². The van der Waals surface area contributed by atoms with E-state index < -0.39 is 0 Å². The number of amides is 2. The molecule has 5 rings (SSSR count). The number of nitrogens with one attached hydrogen (secondary N) is 1. The number of rotatable bonds is 5. The van der Waals surface area contributed by atoms with Crippen molar-refractivity contribution in [3.63, 3.8) is 0 Å². The third-order valence-electron chi connectivity index (χ3n) is 6.34. The Morgan fingerprint density at radius 3 is 2.85 bits per heavy atom. The molecule has 0 saturated carbocycles. The van der Waals surface area contributed by atoms with Crippen molar-refractivity contribution in [3.05, 3.63) is 78.6 Å². The Balaban J connectivity index is 1.62. The SMILES string of the molecule is CCC(=O)N1CCCC(c2c(C(=O)Nc3ccccn3)cccc2-c2ncn3ccncc23)C1. The summed E-state index contributed by atoms with van der Waals surface area (Å²) in [6.07, 6.45) is 11.0. The number of pyridine rings is 1. The van der Waals surface area contributed by atoms with E-state index >= 15 is 0 Å². The normalized spacial score (nSPS) is 15.9. The molecule has 1 aliphatic rings. The molecule has 8 heteroatoms. The predicted molar refractivity (Wildman–Crippen MR) is 129 cm³/mol. The van der Waals surface area contributed by atoms with E-state index in [0.717, 1.165) is 41.7 Å². The van der Waals surface area contributed by atoms with Gasteiger partial charge in [-0.05, 0) is 36.6 Å². The number of likely N-dealkylation sites (tertiary alicyclic amines) is 1. The number of carbonyl (C=O) groups is 2. The average molecular weight is 455 g/mol. The lowest BCUT2D eigenvalue weighted by Crippen LogP contribution is -2.39. The minimum Gasteiger partial charge on any atom is -0.342 e. The molecule has 0 spiro atoms. The van der Waals surface area contributed by atoms with Crippen molar-refractivity contribution in [1.29, 1.82) is 0 Å². The number of anilines is 1. The van der Waals surface area contributed by atoms with Crippen LogP contribution in [0.3, 0.4) is 0 Å². The van der Waals surface area contributed by atoms with E-state index in [0.29, 0.717) is 24.3 Å². The summed E-state index contributed by atoms with van der Waals surface area (Å²) >= 11 is 0. The molecule has 4 heterocycles. The van der Waals surface area contributed by atoms with Gasteiger partial charge in [-0.15, -0.1) is 0 Å². The summed E-state index contributed by atoms with van der Waals surface area (Å²) in [7, 11) is 0. The first-order valence-electron chi connectivity index (χ1n) is 11.6. The number of imidazole rings is 1. The highest BCUT2D eigenvalue weighted by Crippen LogP contribution is 2.38. The van der Waals surface area contributed by atoms with Crippen LogP contribution in [0.4, 0.5) is 5.82 Å². The van der Waals surface area contributed by atoms with Crippen LogP contribution < -0.4 is 5.32 Å². The lowest BCUT2D eigenvalue weighted by Gasteiger charge is -2.34. The molecule has 1 fully saturated rings. The second-order valence-electron chi connectivity index (χ2n) is 8.43. The van der Waals surface area contributed by atoms with Crippen molar-refractivity contribution < 1.29 is 9.59 Å². The number of benzene rings is 1. The van der Waals surface area contributed by atoms with Gasteiger partial charge in [-0.1, -0.05) is 25.1 Å². The fourth-order valence-corrected chi connectivity index (χ4v) is 4.74. The molecule has 0 aliphatic carbocycles. The summed E-state index contributed by atoms with van der Waals surface area (Å²) in [6.45, 7) is 3.21. The lowest BCUT2D eigenvalue weighted by atomic mass is 9.83. The fourth-order valence-electron chi connectivity index (χ4n) is 4.74. The molecule has 3 aromatic heterocycles. The zero-order chi connectivity index (χ0) is 23.5. The molecule has 172 valence electrons. The fraction of sp³-hybridized carbons (Fsp3) is 0.269. The number of aromatic nitrogens is 4. The van der Waals surface area contributed by atoms with E-state index in [4.69, 9.17) is 0 Å². The van der Waals surface area contributed by atoms with Crippen LogP contribution in [0.15, 0.2) is 67.5 Å². The molecule has 34 heavy (non-hydrogen) atoms. The van der Waals surface area contributed by atoms with Gasteiger partial charge < -0.3 is 14.6 Å². The second-order valence-corrected chi connectivity index (χ2v) is 8.43. The summed E-state index contributed by atoms with van der Waals surface area (Å²) in [6, 6.07) is 11.1. The highest BCUT2D eigenvalue weighted by molar-refractivity contribution is 6.06. The molecule has 1 N–H and O–H groups in total. The topological polar surface area (TPSA) is 92.5 Å². The molecule has 0 bridgehead atoms. The van der Waals surface area contributed by atoms with Gasteiger partial charge in [0.15, 0.2) is 0 Å². The van der Waals surface area contributed by atoms with Crippen LogP contribution in [0.5, 0.6) is 0 Å². The predicted octanol–water partition coefficient (Wildman–Crippen LogP) is 4.16.